The lowest BCUT2D eigenvalue weighted by molar-refractivity contribution is 0.328. The van der Waals surface area contributed by atoms with Crippen LogP contribution in [0.4, 0.5) is 20.4 Å². The zero-order chi connectivity index (χ0) is 36.4. The van der Waals surface area contributed by atoms with E-state index in [0.29, 0.717) is 51.5 Å². The second-order valence-corrected chi connectivity index (χ2v) is 15.4. The number of pyridine rings is 2. The Labute approximate surface area is 307 Å². The number of nitrogens with one attached hydrogen (secondary N) is 5. The van der Waals surface area contributed by atoms with Crippen LogP contribution in [0.1, 0.15) is 25.7 Å². The SMILES string of the molecule is CS(=O)(=O)N1CCC[C@H](Nc2nc(-c3c[nH]c4ncc(Cl)cc34)ncc2F)C1.Fc1cnc(-c2c[nH]c3ncc(Cl)cc23)nc1N[C@H]1CCCNC1. The van der Waals surface area contributed by atoms with Crippen molar-refractivity contribution >= 4 is 66.9 Å². The number of piperidine rings is 2. The first-order valence-electron chi connectivity index (χ1n) is 16.5. The number of sulfonamides is 1. The van der Waals surface area contributed by atoms with Gasteiger partial charge in [0, 0.05) is 78.4 Å². The number of halogens is 4. The Morgan fingerprint density at radius 2 is 1.33 bits per heavy atom. The van der Waals surface area contributed by atoms with Gasteiger partial charge in [-0.15, -0.1) is 0 Å². The van der Waals surface area contributed by atoms with Crippen LogP contribution in [0.5, 0.6) is 0 Å². The Balaban J connectivity index is 0.000000164. The third kappa shape index (κ3) is 8.08. The van der Waals surface area contributed by atoms with Crippen LogP contribution in [0.25, 0.3) is 44.8 Å². The topological polar surface area (TPSA) is 182 Å². The van der Waals surface area contributed by atoms with Crippen molar-refractivity contribution in [1.82, 2.24) is 49.5 Å². The third-order valence-corrected chi connectivity index (χ3v) is 10.5. The minimum Gasteiger partial charge on any atom is -0.364 e. The molecular weight excluding hydrogens is 737 g/mol. The highest BCUT2D eigenvalue weighted by molar-refractivity contribution is 7.88. The van der Waals surface area contributed by atoms with Gasteiger partial charge in [-0.2, -0.15) is 0 Å². The summed E-state index contributed by atoms with van der Waals surface area (Å²) < 4.78 is 53.4. The number of hydrogen-bond donors (Lipinski definition) is 5. The second-order valence-electron chi connectivity index (χ2n) is 12.6. The summed E-state index contributed by atoms with van der Waals surface area (Å²) in [6, 6.07) is 3.45. The molecule has 0 aromatic carbocycles. The number of rotatable bonds is 7. The molecule has 272 valence electrons. The van der Waals surface area contributed by atoms with Crippen molar-refractivity contribution in [2.24, 2.45) is 0 Å². The number of hydrogen-bond acceptors (Lipinski definition) is 11. The molecule has 6 aromatic rings. The molecule has 2 aliphatic heterocycles. The molecule has 52 heavy (non-hydrogen) atoms. The number of aromatic amines is 2. The van der Waals surface area contributed by atoms with Gasteiger partial charge in [0.15, 0.2) is 34.9 Å². The molecule has 0 radical (unpaired) electrons. The van der Waals surface area contributed by atoms with Crippen LogP contribution >= 0.6 is 23.2 Å². The summed E-state index contributed by atoms with van der Waals surface area (Å²) in [7, 11) is -3.29. The Morgan fingerprint density at radius 1 is 0.788 bits per heavy atom. The van der Waals surface area contributed by atoms with Gasteiger partial charge < -0.3 is 25.9 Å². The lowest BCUT2D eigenvalue weighted by atomic mass is 10.1. The summed E-state index contributed by atoms with van der Waals surface area (Å²) in [6.07, 6.45) is 13.5. The molecule has 2 aliphatic rings. The van der Waals surface area contributed by atoms with Crippen molar-refractivity contribution in [2.75, 3.05) is 43.1 Å². The molecule has 6 aromatic heterocycles. The molecule has 8 heterocycles. The van der Waals surface area contributed by atoms with Gasteiger partial charge in [-0.25, -0.2) is 51.4 Å². The van der Waals surface area contributed by atoms with E-state index in [1.54, 1.807) is 30.7 Å². The zero-order valence-corrected chi connectivity index (χ0v) is 30.1. The van der Waals surface area contributed by atoms with Crippen molar-refractivity contribution in [3.8, 4) is 22.8 Å². The summed E-state index contributed by atoms with van der Waals surface area (Å²) in [4.78, 5) is 31.4. The molecule has 2 saturated heterocycles. The molecule has 14 nitrogen and oxygen atoms in total. The maximum atomic E-state index is 14.3. The summed E-state index contributed by atoms with van der Waals surface area (Å²) >= 11 is 12.1. The minimum absolute atomic E-state index is 0.0367. The Bertz CT molecular complexity index is 2340. The van der Waals surface area contributed by atoms with Crippen LogP contribution in [0.3, 0.4) is 0 Å². The van der Waals surface area contributed by atoms with Crippen molar-refractivity contribution in [3.63, 3.8) is 0 Å². The fourth-order valence-electron chi connectivity index (χ4n) is 6.25. The predicted molar refractivity (Wildman–Crippen MR) is 197 cm³/mol. The average molecular weight is 772 g/mol. The molecule has 5 N–H and O–H groups in total. The standard InChI is InChI=1S/C17H18ClFN6O2S.C16H16ClFN6/c1-28(26,27)25-4-2-3-11(9-25)23-17-14(19)8-22-16(24-17)13-7-21-15-12(13)5-10(18)6-20-15;17-9-4-11-12(7-21-14(11)20-5-9)15-22-8-13(18)16(24-15)23-10-2-1-3-19-6-10/h5-8,11H,2-4,9H2,1H3,(H,20,21)(H,22,23,24);4-5,7-8,10,19H,1-3,6H2,(H,20,21)(H,22,23,24)/t11-;10-/m00/s1. The highest BCUT2D eigenvalue weighted by atomic mass is 35.5. The normalized spacial score (nSPS) is 18.2. The van der Waals surface area contributed by atoms with E-state index < -0.39 is 21.7 Å². The van der Waals surface area contributed by atoms with E-state index in [0.717, 1.165) is 54.9 Å². The first-order chi connectivity index (χ1) is 25.0. The van der Waals surface area contributed by atoms with Crippen molar-refractivity contribution < 1.29 is 17.2 Å². The van der Waals surface area contributed by atoms with Crippen molar-refractivity contribution in [1.29, 1.82) is 0 Å². The molecule has 0 bridgehead atoms. The summed E-state index contributed by atoms with van der Waals surface area (Å²) in [5.74, 6) is -0.0581. The highest BCUT2D eigenvalue weighted by Crippen LogP contribution is 2.30. The van der Waals surface area contributed by atoms with E-state index in [1.807, 2.05) is 0 Å². The van der Waals surface area contributed by atoms with Gasteiger partial charge in [0.1, 0.15) is 11.3 Å². The lowest BCUT2D eigenvalue weighted by Gasteiger charge is -2.31. The van der Waals surface area contributed by atoms with Crippen LogP contribution in [-0.4, -0.2) is 97.1 Å². The number of nitrogens with zero attached hydrogens (tertiary/aromatic N) is 7. The first kappa shape index (κ1) is 35.8. The maximum absolute atomic E-state index is 14.3. The van der Waals surface area contributed by atoms with Gasteiger partial charge in [0.2, 0.25) is 10.0 Å². The van der Waals surface area contributed by atoms with Crippen molar-refractivity contribution in [2.45, 2.75) is 37.8 Å². The van der Waals surface area contributed by atoms with Crippen LogP contribution < -0.4 is 16.0 Å². The smallest absolute Gasteiger partial charge is 0.211 e. The van der Waals surface area contributed by atoms with Gasteiger partial charge in [-0.3, -0.25) is 0 Å². The monoisotopic (exact) mass is 770 g/mol. The Hall–Kier alpha value is -4.55. The van der Waals surface area contributed by atoms with Crippen LogP contribution in [0.2, 0.25) is 10.0 Å². The Morgan fingerprint density at radius 3 is 1.85 bits per heavy atom. The summed E-state index contributed by atoms with van der Waals surface area (Å²) in [5.41, 5.74) is 2.70. The van der Waals surface area contributed by atoms with Gasteiger partial charge in [-0.05, 0) is 44.4 Å². The highest BCUT2D eigenvalue weighted by Gasteiger charge is 2.27. The maximum Gasteiger partial charge on any atom is 0.211 e. The lowest BCUT2D eigenvalue weighted by Crippen LogP contribution is -2.44. The van der Waals surface area contributed by atoms with Crippen LogP contribution in [-0.2, 0) is 10.0 Å². The number of H-pyrrole nitrogens is 2. The Kier molecular flexibility index (Phi) is 10.5. The molecule has 0 saturated carbocycles. The quantitative estimate of drug-likeness (QED) is 0.136. The van der Waals surface area contributed by atoms with Gasteiger partial charge >= 0.3 is 0 Å². The molecule has 0 amide bonds. The van der Waals surface area contributed by atoms with Crippen molar-refractivity contribution in [3.05, 3.63) is 71.0 Å². The average Bonchev–Trinajstić information content (AvgIpc) is 3.75. The molecule has 0 unspecified atom stereocenters. The predicted octanol–water partition coefficient (Wildman–Crippen LogP) is 5.62. The van der Waals surface area contributed by atoms with E-state index in [9.17, 15) is 17.2 Å². The van der Waals surface area contributed by atoms with Crippen LogP contribution in [0.15, 0.2) is 49.3 Å². The third-order valence-electron chi connectivity index (χ3n) is 8.80. The fourth-order valence-corrected chi connectivity index (χ4v) is 7.47. The largest absolute Gasteiger partial charge is 0.364 e. The molecule has 0 aliphatic carbocycles. The van der Waals surface area contributed by atoms with E-state index in [4.69, 9.17) is 23.2 Å². The second kappa shape index (κ2) is 15.2. The van der Waals surface area contributed by atoms with Gasteiger partial charge in [0.25, 0.3) is 0 Å². The molecule has 19 heteroatoms. The van der Waals surface area contributed by atoms with Gasteiger partial charge in [-0.1, -0.05) is 23.2 Å². The van der Waals surface area contributed by atoms with Crippen LogP contribution in [0, 0.1) is 11.6 Å². The molecule has 0 spiro atoms. The summed E-state index contributed by atoms with van der Waals surface area (Å²) in [5, 5.41) is 12.0. The van der Waals surface area contributed by atoms with E-state index in [-0.39, 0.29) is 30.3 Å². The zero-order valence-electron chi connectivity index (χ0n) is 27.8. The van der Waals surface area contributed by atoms with E-state index >= 15 is 0 Å². The molecule has 2 fully saturated rings. The number of anilines is 2. The number of aromatic nitrogens is 8. The van der Waals surface area contributed by atoms with E-state index in [2.05, 4.69) is 55.8 Å². The molecule has 8 rings (SSSR count). The molecular formula is C33H34Cl2F2N12O2S. The van der Waals surface area contributed by atoms with Gasteiger partial charge in [0.05, 0.1) is 28.7 Å². The molecule has 2 atom stereocenters. The first-order valence-corrected chi connectivity index (χ1v) is 19.1. The minimum atomic E-state index is -3.29. The van der Waals surface area contributed by atoms with E-state index in [1.165, 1.54) is 23.0 Å². The fraction of sp³-hybridized carbons (Fsp3) is 0.333. The summed E-state index contributed by atoms with van der Waals surface area (Å²) in [6.45, 7) is 2.53. The number of fused-ring (bicyclic) bond motifs is 2.